The molecule has 0 spiro atoms. The molecule has 1 saturated heterocycles. The number of nitriles is 1. The zero-order chi connectivity index (χ0) is 29.5. The molecule has 0 atom stereocenters. The van der Waals surface area contributed by atoms with Crippen molar-refractivity contribution in [2.75, 3.05) is 18.0 Å². The van der Waals surface area contributed by atoms with Crippen molar-refractivity contribution in [2.45, 2.75) is 52.6 Å². The van der Waals surface area contributed by atoms with E-state index >= 15 is 4.39 Å². The molecule has 10 nitrogen and oxygen atoms in total. The Morgan fingerprint density at radius 3 is 2.39 bits per heavy atom. The number of rotatable bonds is 4. The lowest BCUT2D eigenvalue weighted by Crippen LogP contribution is -2.29. The van der Waals surface area contributed by atoms with Gasteiger partial charge in [0.25, 0.3) is 5.69 Å². The lowest BCUT2D eigenvalue weighted by atomic mass is 9.93. The predicted octanol–water partition coefficient (Wildman–Crippen LogP) is 6.77. The number of pyridine rings is 1. The number of nitro groups is 1. The van der Waals surface area contributed by atoms with Crippen LogP contribution in [-0.4, -0.2) is 44.5 Å². The summed E-state index contributed by atoms with van der Waals surface area (Å²) in [6, 6.07) is 13.1. The summed E-state index contributed by atoms with van der Waals surface area (Å²) < 4.78 is 21.9. The Bertz CT molecular complexity index is 1710. The highest BCUT2D eigenvalue weighted by Gasteiger charge is 2.28. The first-order valence-corrected chi connectivity index (χ1v) is 13.3. The summed E-state index contributed by atoms with van der Waals surface area (Å²) in [4.78, 5) is 30.5. The van der Waals surface area contributed by atoms with E-state index in [0.717, 1.165) is 48.4 Å². The predicted molar refractivity (Wildman–Crippen MR) is 152 cm³/mol. The monoisotopic (exact) mass is 556 g/mol. The van der Waals surface area contributed by atoms with Crippen molar-refractivity contribution in [1.29, 1.82) is 5.26 Å². The maximum absolute atomic E-state index is 15.3. The number of aromatic nitrogens is 3. The molecule has 5 rings (SSSR count). The topological polar surface area (TPSA) is 127 Å². The second kappa shape index (κ2) is 10.6. The van der Waals surface area contributed by atoms with Crippen LogP contribution in [0.1, 0.15) is 51.3 Å². The van der Waals surface area contributed by atoms with Gasteiger partial charge in [-0.1, -0.05) is 12.1 Å². The minimum Gasteiger partial charge on any atom is -0.442 e. The zero-order valence-electron chi connectivity index (χ0n) is 23.3. The fourth-order valence-corrected chi connectivity index (χ4v) is 5.14. The largest absolute Gasteiger partial charge is 0.442 e. The normalized spacial score (nSPS) is 13.7. The van der Waals surface area contributed by atoms with E-state index in [1.165, 1.54) is 12.5 Å². The number of aryl methyl sites for hydroxylation is 1. The van der Waals surface area contributed by atoms with Crippen molar-refractivity contribution >= 4 is 28.5 Å². The van der Waals surface area contributed by atoms with Crippen LogP contribution in [0.15, 0.2) is 42.5 Å². The van der Waals surface area contributed by atoms with Gasteiger partial charge in [0, 0.05) is 36.0 Å². The number of hydrogen-bond donors (Lipinski definition) is 0. The van der Waals surface area contributed by atoms with Crippen LogP contribution in [0.3, 0.4) is 0 Å². The van der Waals surface area contributed by atoms with Gasteiger partial charge >= 0.3 is 6.09 Å². The van der Waals surface area contributed by atoms with Crippen molar-refractivity contribution in [3.05, 3.63) is 69.7 Å². The van der Waals surface area contributed by atoms with E-state index in [9.17, 15) is 20.2 Å². The van der Waals surface area contributed by atoms with Gasteiger partial charge in [0.15, 0.2) is 5.65 Å². The molecule has 0 bridgehead atoms. The van der Waals surface area contributed by atoms with Crippen LogP contribution in [0, 0.1) is 34.2 Å². The number of nitrogens with zero attached hydrogens (tertiary/aromatic N) is 6. The highest BCUT2D eigenvalue weighted by Crippen LogP contribution is 2.40. The average Bonchev–Trinajstić information content (AvgIpc) is 3.27. The van der Waals surface area contributed by atoms with Crippen molar-refractivity contribution in [3.8, 4) is 28.5 Å². The highest BCUT2D eigenvalue weighted by atomic mass is 19.1. The van der Waals surface area contributed by atoms with Gasteiger partial charge in [-0.2, -0.15) is 10.4 Å². The van der Waals surface area contributed by atoms with Crippen molar-refractivity contribution in [1.82, 2.24) is 14.8 Å². The number of piperidine rings is 1. The molecule has 0 unspecified atom stereocenters. The molecule has 1 fully saturated rings. The molecule has 41 heavy (non-hydrogen) atoms. The minimum absolute atomic E-state index is 0.0582. The van der Waals surface area contributed by atoms with Gasteiger partial charge in [-0.3, -0.25) is 10.1 Å². The molecule has 1 aliphatic rings. The van der Waals surface area contributed by atoms with Crippen LogP contribution in [0.5, 0.6) is 0 Å². The van der Waals surface area contributed by atoms with Crippen LogP contribution in [0.4, 0.5) is 20.6 Å². The molecular weight excluding hydrogens is 527 g/mol. The SMILES string of the molecule is Cc1nn(C(=O)OC(C)(C)C)c2nc(-c3ccc([N+](=O)[O-])cc3F)c(C#N)c(-c3ccc(N4CCCCC4)cc3)c12. The van der Waals surface area contributed by atoms with Crippen molar-refractivity contribution < 1.29 is 18.8 Å². The van der Waals surface area contributed by atoms with Crippen LogP contribution in [-0.2, 0) is 4.74 Å². The number of nitro benzene ring substituents is 1. The Labute approximate surface area is 236 Å². The van der Waals surface area contributed by atoms with Crippen LogP contribution < -0.4 is 4.90 Å². The Hall–Kier alpha value is -4.85. The molecule has 0 radical (unpaired) electrons. The number of carbonyl (C=O) groups is 1. The second-order valence-electron chi connectivity index (χ2n) is 11.0. The van der Waals surface area contributed by atoms with Gasteiger partial charge in [-0.25, -0.2) is 14.2 Å². The van der Waals surface area contributed by atoms with Crippen molar-refractivity contribution in [2.24, 2.45) is 0 Å². The quantitative estimate of drug-likeness (QED) is 0.199. The molecule has 4 aromatic rings. The Kier molecular flexibility index (Phi) is 7.17. The molecule has 0 aliphatic carbocycles. The Morgan fingerprint density at radius 1 is 1.12 bits per heavy atom. The van der Waals surface area contributed by atoms with Crippen LogP contribution in [0.25, 0.3) is 33.4 Å². The molecule has 3 heterocycles. The Balaban J connectivity index is 1.77. The molecule has 1 aliphatic heterocycles. The number of non-ortho nitro benzene ring substituents is 1. The third-order valence-electron chi connectivity index (χ3n) is 6.96. The maximum Gasteiger partial charge on any atom is 0.437 e. The van der Waals surface area contributed by atoms with E-state index in [-0.39, 0.29) is 22.5 Å². The van der Waals surface area contributed by atoms with E-state index in [4.69, 9.17) is 4.74 Å². The smallest absolute Gasteiger partial charge is 0.437 e. The zero-order valence-corrected chi connectivity index (χ0v) is 23.3. The summed E-state index contributed by atoms with van der Waals surface area (Å²) in [7, 11) is 0. The van der Waals surface area contributed by atoms with Gasteiger partial charge in [-0.15, -0.1) is 4.68 Å². The molecule has 2 aromatic heterocycles. The lowest BCUT2D eigenvalue weighted by molar-refractivity contribution is -0.385. The summed E-state index contributed by atoms with van der Waals surface area (Å²) in [5, 5.41) is 26.5. The molecule has 0 amide bonds. The van der Waals surface area contributed by atoms with Gasteiger partial charge in [-0.05, 0) is 70.7 Å². The summed E-state index contributed by atoms with van der Waals surface area (Å²) in [6.45, 7) is 8.79. The fourth-order valence-electron chi connectivity index (χ4n) is 5.14. The number of halogens is 1. The fraction of sp³-hybridized carbons (Fsp3) is 0.333. The third kappa shape index (κ3) is 5.33. The molecule has 2 aromatic carbocycles. The van der Waals surface area contributed by atoms with E-state index in [0.29, 0.717) is 22.2 Å². The molecule has 210 valence electrons. The number of benzene rings is 2. The lowest BCUT2D eigenvalue weighted by Gasteiger charge is -2.29. The first-order valence-electron chi connectivity index (χ1n) is 13.3. The van der Waals surface area contributed by atoms with E-state index in [1.54, 1.807) is 27.7 Å². The van der Waals surface area contributed by atoms with Gasteiger partial charge in [0.2, 0.25) is 0 Å². The number of carbonyl (C=O) groups excluding carboxylic acids is 1. The number of fused-ring (bicyclic) bond motifs is 1. The number of ether oxygens (including phenoxy) is 1. The Morgan fingerprint density at radius 2 is 1.80 bits per heavy atom. The highest BCUT2D eigenvalue weighted by molar-refractivity contribution is 6.03. The summed E-state index contributed by atoms with van der Waals surface area (Å²) in [6.07, 6.45) is 2.67. The van der Waals surface area contributed by atoms with Gasteiger partial charge in [0.1, 0.15) is 17.5 Å². The maximum atomic E-state index is 15.3. The van der Waals surface area contributed by atoms with Gasteiger partial charge in [0.05, 0.1) is 33.3 Å². The van der Waals surface area contributed by atoms with Crippen LogP contribution in [0.2, 0.25) is 0 Å². The van der Waals surface area contributed by atoms with Crippen LogP contribution >= 0.6 is 0 Å². The van der Waals surface area contributed by atoms with E-state index in [1.807, 2.05) is 24.3 Å². The summed E-state index contributed by atoms with van der Waals surface area (Å²) >= 11 is 0. The second-order valence-corrected chi connectivity index (χ2v) is 11.0. The summed E-state index contributed by atoms with van der Waals surface area (Å²) in [5.74, 6) is -0.922. The number of anilines is 1. The molecule has 0 N–H and O–H groups in total. The van der Waals surface area contributed by atoms with Crippen molar-refractivity contribution in [3.63, 3.8) is 0 Å². The number of hydrogen-bond acceptors (Lipinski definition) is 8. The summed E-state index contributed by atoms with van der Waals surface area (Å²) in [5.41, 5.74) is 1.28. The first kappa shape index (κ1) is 27.7. The van der Waals surface area contributed by atoms with E-state index in [2.05, 4.69) is 21.1 Å². The minimum atomic E-state index is -0.922. The average molecular weight is 557 g/mol. The first-order chi connectivity index (χ1) is 19.5. The molecule has 11 heteroatoms. The molecule has 0 saturated carbocycles. The molecular formula is C30H29FN6O4. The standard InChI is InChI=1S/C30H29FN6O4/c1-18-25-26(19-8-10-20(11-9-19)35-14-6-5-7-15-35)23(17-32)27(22-13-12-21(37(39)40)16-24(22)31)33-28(25)36(34-18)29(38)41-30(2,3)4/h8-13,16H,5-7,14-15H2,1-4H3. The van der Waals surface area contributed by atoms with Gasteiger partial charge < -0.3 is 9.64 Å². The third-order valence-corrected chi connectivity index (χ3v) is 6.96. The van der Waals surface area contributed by atoms with E-state index < -0.39 is 28.1 Å².